The molecule has 1 atom stereocenters. The van der Waals surface area contributed by atoms with Crippen LogP contribution in [0.3, 0.4) is 0 Å². The van der Waals surface area contributed by atoms with Crippen molar-refractivity contribution in [2.45, 2.75) is 51.7 Å². The maximum Gasteiger partial charge on any atom is 0.161 e. The van der Waals surface area contributed by atoms with Crippen LogP contribution in [0, 0.1) is 0 Å². The van der Waals surface area contributed by atoms with E-state index in [2.05, 4.69) is 18.5 Å². The minimum atomic E-state index is -0.328. The van der Waals surface area contributed by atoms with E-state index in [1.807, 2.05) is 32.0 Å². The van der Waals surface area contributed by atoms with E-state index in [4.69, 9.17) is 19.0 Å². The van der Waals surface area contributed by atoms with E-state index in [9.17, 15) is 0 Å². The summed E-state index contributed by atoms with van der Waals surface area (Å²) >= 11 is 0. The molecule has 3 rings (SSSR count). The molecule has 1 saturated heterocycles. The van der Waals surface area contributed by atoms with Crippen molar-refractivity contribution in [2.75, 3.05) is 19.8 Å². The normalized spacial score (nSPS) is 22.8. The lowest BCUT2D eigenvalue weighted by atomic mass is 10.0. The van der Waals surface area contributed by atoms with Gasteiger partial charge in [0.1, 0.15) is 5.60 Å². The molecule has 24 heavy (non-hydrogen) atoms. The molecule has 0 saturated carbocycles. The maximum absolute atomic E-state index is 5.95. The molecule has 2 aliphatic rings. The lowest BCUT2D eigenvalue weighted by molar-refractivity contribution is -0.0373. The molecule has 1 fully saturated rings. The number of hydrogen-bond donors (Lipinski definition) is 1. The van der Waals surface area contributed by atoms with Gasteiger partial charge in [0.15, 0.2) is 11.5 Å². The molecular formula is C19H27NO4. The third kappa shape index (κ3) is 3.84. The highest BCUT2D eigenvalue weighted by atomic mass is 16.7. The van der Waals surface area contributed by atoms with Crippen molar-refractivity contribution < 1.29 is 19.0 Å². The Labute approximate surface area is 143 Å². The Morgan fingerprint density at radius 1 is 1.29 bits per heavy atom. The van der Waals surface area contributed by atoms with Gasteiger partial charge in [0.25, 0.3) is 0 Å². The Hall–Kier alpha value is -1.72. The molecule has 5 nitrogen and oxygen atoms in total. The Bertz CT molecular complexity index is 591. The molecule has 2 heterocycles. The van der Waals surface area contributed by atoms with Gasteiger partial charge in [-0.15, -0.1) is 0 Å². The quantitative estimate of drug-likeness (QED) is 0.771. The van der Waals surface area contributed by atoms with Gasteiger partial charge in [0.05, 0.1) is 25.0 Å². The first kappa shape index (κ1) is 17.1. The summed E-state index contributed by atoms with van der Waals surface area (Å²) in [6.45, 7) is 8.20. The molecule has 0 radical (unpaired) electrons. The van der Waals surface area contributed by atoms with E-state index < -0.39 is 0 Å². The molecule has 1 aromatic rings. The van der Waals surface area contributed by atoms with E-state index in [0.29, 0.717) is 13.2 Å². The second-order valence-corrected chi connectivity index (χ2v) is 6.66. The van der Waals surface area contributed by atoms with Crippen LogP contribution in [0.15, 0.2) is 24.3 Å². The Kier molecular flexibility index (Phi) is 5.31. The van der Waals surface area contributed by atoms with Crippen LogP contribution in [0.5, 0.6) is 11.5 Å². The number of benzene rings is 1. The zero-order chi connectivity index (χ0) is 17.0. The highest BCUT2D eigenvalue weighted by Crippen LogP contribution is 2.36. The van der Waals surface area contributed by atoms with Crippen molar-refractivity contribution in [3.63, 3.8) is 0 Å². The standard InChI is InChI=1S/C19H27NO4/c1-4-5-9-22-18-11-15(6-7-17(18)23-14(2)3)16-12-19(24-20-16)8-10-21-13-19/h6-7,11-12,14,20H,4-5,8-10,13H2,1-3H3. The monoisotopic (exact) mass is 333 g/mol. The van der Waals surface area contributed by atoms with Gasteiger partial charge in [0, 0.05) is 18.6 Å². The van der Waals surface area contributed by atoms with Crippen molar-refractivity contribution >= 4 is 5.70 Å². The predicted octanol–water partition coefficient (Wildman–Crippen LogP) is 3.69. The second kappa shape index (κ2) is 7.45. The summed E-state index contributed by atoms with van der Waals surface area (Å²) in [5.41, 5.74) is 4.70. The van der Waals surface area contributed by atoms with Crippen molar-refractivity contribution in [3.05, 3.63) is 29.8 Å². The van der Waals surface area contributed by atoms with Crippen molar-refractivity contribution in [1.29, 1.82) is 0 Å². The number of nitrogens with one attached hydrogen (secondary N) is 1. The summed E-state index contributed by atoms with van der Waals surface area (Å²) in [7, 11) is 0. The molecule has 1 aromatic carbocycles. The van der Waals surface area contributed by atoms with E-state index in [1.54, 1.807) is 0 Å². The molecule has 2 aliphatic heterocycles. The van der Waals surface area contributed by atoms with E-state index >= 15 is 0 Å². The highest BCUT2D eigenvalue weighted by molar-refractivity contribution is 5.68. The molecular weight excluding hydrogens is 306 g/mol. The zero-order valence-electron chi connectivity index (χ0n) is 14.8. The maximum atomic E-state index is 5.95. The summed E-state index contributed by atoms with van der Waals surface area (Å²) in [5.74, 6) is 1.56. The van der Waals surface area contributed by atoms with Gasteiger partial charge < -0.3 is 14.2 Å². The average Bonchev–Trinajstić information content (AvgIpc) is 3.19. The third-order valence-electron chi connectivity index (χ3n) is 4.16. The molecule has 0 bridgehead atoms. The van der Waals surface area contributed by atoms with Crippen LogP contribution in [-0.2, 0) is 9.57 Å². The number of unbranched alkanes of at least 4 members (excludes halogenated alkanes) is 1. The van der Waals surface area contributed by atoms with Crippen molar-refractivity contribution in [3.8, 4) is 11.5 Å². The molecule has 5 heteroatoms. The Balaban J connectivity index is 1.82. The summed E-state index contributed by atoms with van der Waals surface area (Å²) in [4.78, 5) is 5.76. The molecule has 0 aromatic heterocycles. The van der Waals surface area contributed by atoms with E-state index in [0.717, 1.165) is 48.6 Å². The minimum Gasteiger partial charge on any atom is -0.490 e. The fourth-order valence-corrected chi connectivity index (χ4v) is 2.84. The van der Waals surface area contributed by atoms with E-state index in [-0.39, 0.29) is 11.7 Å². The summed E-state index contributed by atoms with van der Waals surface area (Å²) in [6, 6.07) is 6.01. The molecule has 0 amide bonds. The lowest BCUT2D eigenvalue weighted by Gasteiger charge is -2.16. The average molecular weight is 333 g/mol. The van der Waals surface area contributed by atoms with Crippen LogP contribution in [-0.4, -0.2) is 31.5 Å². The SMILES string of the molecule is CCCCOc1cc(C2=CC3(CCOC3)ON2)ccc1OC(C)C. The number of hydrogen-bond acceptors (Lipinski definition) is 5. The minimum absolute atomic E-state index is 0.107. The zero-order valence-corrected chi connectivity index (χ0v) is 14.8. The van der Waals surface area contributed by atoms with Gasteiger partial charge in [0.2, 0.25) is 0 Å². The summed E-state index contributed by atoms with van der Waals surface area (Å²) in [5, 5.41) is 0. The van der Waals surface area contributed by atoms with Gasteiger partial charge in [-0.3, -0.25) is 10.3 Å². The van der Waals surface area contributed by atoms with Crippen LogP contribution in [0.4, 0.5) is 0 Å². The first-order valence-corrected chi connectivity index (χ1v) is 8.80. The van der Waals surface area contributed by atoms with Gasteiger partial charge in [-0.1, -0.05) is 13.3 Å². The summed E-state index contributed by atoms with van der Waals surface area (Å²) in [6.07, 6.45) is 5.22. The van der Waals surface area contributed by atoms with Gasteiger partial charge in [-0.2, -0.15) is 0 Å². The highest BCUT2D eigenvalue weighted by Gasteiger charge is 2.39. The predicted molar refractivity (Wildman–Crippen MR) is 93.0 cm³/mol. The van der Waals surface area contributed by atoms with Crippen LogP contribution in [0.2, 0.25) is 0 Å². The van der Waals surface area contributed by atoms with Crippen LogP contribution < -0.4 is 15.0 Å². The number of ether oxygens (including phenoxy) is 3. The molecule has 132 valence electrons. The summed E-state index contributed by atoms with van der Waals surface area (Å²) < 4.78 is 17.3. The second-order valence-electron chi connectivity index (χ2n) is 6.66. The number of hydroxylamine groups is 1. The molecule has 0 aliphatic carbocycles. The first-order valence-electron chi connectivity index (χ1n) is 8.80. The molecule has 1 N–H and O–H groups in total. The fourth-order valence-electron chi connectivity index (χ4n) is 2.84. The van der Waals surface area contributed by atoms with Crippen molar-refractivity contribution in [1.82, 2.24) is 5.48 Å². The topological polar surface area (TPSA) is 49.0 Å². The van der Waals surface area contributed by atoms with Crippen LogP contribution in [0.1, 0.15) is 45.6 Å². The molecule has 1 spiro atoms. The van der Waals surface area contributed by atoms with Gasteiger partial charge in [-0.25, -0.2) is 0 Å². The van der Waals surface area contributed by atoms with Crippen LogP contribution in [0.25, 0.3) is 5.70 Å². The Morgan fingerprint density at radius 3 is 2.88 bits per heavy atom. The third-order valence-corrected chi connectivity index (χ3v) is 4.16. The van der Waals surface area contributed by atoms with Gasteiger partial charge in [-0.05, 0) is 44.5 Å². The van der Waals surface area contributed by atoms with Crippen molar-refractivity contribution in [2.24, 2.45) is 0 Å². The fraction of sp³-hybridized carbons (Fsp3) is 0.579. The smallest absolute Gasteiger partial charge is 0.161 e. The first-order chi connectivity index (χ1) is 11.6. The molecule has 1 unspecified atom stereocenters. The Morgan fingerprint density at radius 2 is 2.17 bits per heavy atom. The van der Waals surface area contributed by atoms with Gasteiger partial charge >= 0.3 is 0 Å². The largest absolute Gasteiger partial charge is 0.490 e. The lowest BCUT2D eigenvalue weighted by Crippen LogP contribution is -2.29. The van der Waals surface area contributed by atoms with Crippen LogP contribution >= 0.6 is 0 Å². The van der Waals surface area contributed by atoms with E-state index in [1.165, 1.54) is 0 Å². The number of rotatable bonds is 7.